The number of fused-ring (bicyclic) bond motifs is 1. The van der Waals surface area contributed by atoms with Crippen molar-refractivity contribution in [2.24, 2.45) is 0 Å². The lowest BCUT2D eigenvalue weighted by atomic mass is 9.81. The first-order valence-electron chi connectivity index (χ1n) is 9.79. The average molecular weight is 403 g/mol. The summed E-state index contributed by atoms with van der Waals surface area (Å²) in [5, 5.41) is 9.28. The molecule has 0 radical (unpaired) electrons. The summed E-state index contributed by atoms with van der Waals surface area (Å²) in [7, 11) is 1.67. The van der Waals surface area contributed by atoms with Crippen LogP contribution in [0.2, 0.25) is 0 Å². The molecule has 2 aliphatic rings. The number of carbonyl (C=O) groups excluding carboxylic acids is 1. The van der Waals surface area contributed by atoms with E-state index in [-0.39, 0.29) is 17.7 Å². The van der Waals surface area contributed by atoms with Gasteiger partial charge in [-0.15, -0.1) is 11.3 Å². The highest BCUT2D eigenvalue weighted by atomic mass is 32.1. The summed E-state index contributed by atoms with van der Waals surface area (Å²) < 4.78 is 5.43. The van der Waals surface area contributed by atoms with E-state index in [9.17, 15) is 4.79 Å². The Kier molecular flexibility index (Phi) is 4.60. The molecule has 4 nitrogen and oxygen atoms in total. The summed E-state index contributed by atoms with van der Waals surface area (Å²) in [4.78, 5) is 14.7. The highest BCUT2D eigenvalue weighted by Gasteiger charge is 2.36. The zero-order valence-electron chi connectivity index (χ0n) is 16.1. The minimum Gasteiger partial charge on any atom is -0.497 e. The molecular formula is C24H22N2O2S. The standard InChI is InChI=1S/C24H22N2O2S/c1-28-17-7-4-6-15(12-17)24-23-20(25-18-8-2-3-9-19(18)26-24)13-16(14-21(23)27)22-10-5-11-29-22/h2-12,16,24-26H,13-14H2,1H3/t16-,24-/m1/s1. The molecule has 0 amide bonds. The van der Waals surface area contributed by atoms with Crippen LogP contribution >= 0.6 is 11.3 Å². The highest BCUT2D eigenvalue weighted by Crippen LogP contribution is 2.45. The Balaban J connectivity index is 1.63. The predicted octanol–water partition coefficient (Wildman–Crippen LogP) is 5.74. The van der Waals surface area contributed by atoms with Gasteiger partial charge in [0, 0.05) is 28.5 Å². The van der Waals surface area contributed by atoms with E-state index in [1.165, 1.54) is 4.88 Å². The summed E-state index contributed by atoms with van der Waals surface area (Å²) in [5.74, 6) is 1.21. The Labute approximate surface area is 174 Å². The number of thiophene rings is 1. The number of anilines is 2. The van der Waals surface area contributed by atoms with Crippen molar-refractivity contribution >= 4 is 28.5 Å². The van der Waals surface area contributed by atoms with Gasteiger partial charge in [0.2, 0.25) is 0 Å². The van der Waals surface area contributed by atoms with Gasteiger partial charge in [-0.25, -0.2) is 0 Å². The van der Waals surface area contributed by atoms with E-state index >= 15 is 0 Å². The minimum atomic E-state index is -0.215. The number of rotatable bonds is 3. The molecule has 5 rings (SSSR count). The molecule has 2 atom stereocenters. The van der Waals surface area contributed by atoms with Crippen LogP contribution in [0.1, 0.15) is 35.2 Å². The molecule has 3 aromatic rings. The van der Waals surface area contributed by atoms with Crippen LogP contribution in [0, 0.1) is 0 Å². The average Bonchev–Trinajstić information content (AvgIpc) is 3.23. The van der Waals surface area contributed by atoms with Crippen LogP contribution in [0.25, 0.3) is 0 Å². The van der Waals surface area contributed by atoms with Gasteiger partial charge in [0.05, 0.1) is 24.5 Å². The third kappa shape index (κ3) is 3.32. The van der Waals surface area contributed by atoms with Gasteiger partial charge in [-0.05, 0) is 47.7 Å². The van der Waals surface area contributed by atoms with Gasteiger partial charge in [-0.1, -0.05) is 30.3 Å². The Morgan fingerprint density at radius 2 is 1.86 bits per heavy atom. The monoisotopic (exact) mass is 402 g/mol. The number of hydrogen-bond donors (Lipinski definition) is 2. The van der Waals surface area contributed by atoms with Gasteiger partial charge in [0.25, 0.3) is 0 Å². The van der Waals surface area contributed by atoms with E-state index in [2.05, 4.69) is 46.3 Å². The van der Waals surface area contributed by atoms with Crippen molar-refractivity contribution in [2.75, 3.05) is 17.7 Å². The summed E-state index contributed by atoms with van der Waals surface area (Å²) in [6, 6.07) is 20.1. The van der Waals surface area contributed by atoms with Gasteiger partial charge in [0.15, 0.2) is 5.78 Å². The third-order valence-corrected chi connectivity index (χ3v) is 6.72. The maximum absolute atomic E-state index is 13.4. The predicted molar refractivity (Wildman–Crippen MR) is 118 cm³/mol. The molecule has 29 heavy (non-hydrogen) atoms. The molecule has 0 saturated carbocycles. The van der Waals surface area contributed by atoms with Crippen molar-refractivity contribution in [3.63, 3.8) is 0 Å². The molecule has 0 fully saturated rings. The Hall–Kier alpha value is -3.05. The van der Waals surface area contributed by atoms with Crippen LogP contribution in [-0.2, 0) is 4.79 Å². The van der Waals surface area contributed by atoms with Gasteiger partial charge in [0.1, 0.15) is 5.75 Å². The Bertz CT molecular complexity index is 1090. The number of Topliss-reactive ketones (excluding diaryl/α,β-unsaturated/α-hetero) is 1. The fourth-order valence-electron chi connectivity index (χ4n) is 4.29. The second-order valence-electron chi connectivity index (χ2n) is 7.46. The number of ketones is 1. The Morgan fingerprint density at radius 1 is 1.00 bits per heavy atom. The van der Waals surface area contributed by atoms with E-state index in [0.29, 0.717) is 6.42 Å². The van der Waals surface area contributed by atoms with Crippen LogP contribution in [0.5, 0.6) is 5.75 Å². The molecule has 2 aromatic carbocycles. The number of hydrogen-bond acceptors (Lipinski definition) is 5. The molecule has 1 aliphatic carbocycles. The summed E-state index contributed by atoms with van der Waals surface area (Å²) in [5.41, 5.74) is 4.88. The molecule has 1 aromatic heterocycles. The van der Waals surface area contributed by atoms with Gasteiger partial charge >= 0.3 is 0 Å². The lowest BCUT2D eigenvalue weighted by Crippen LogP contribution is -2.26. The largest absolute Gasteiger partial charge is 0.497 e. The summed E-state index contributed by atoms with van der Waals surface area (Å²) in [6.07, 6.45) is 1.37. The molecule has 146 valence electrons. The lowest BCUT2D eigenvalue weighted by Gasteiger charge is -2.29. The summed E-state index contributed by atoms with van der Waals surface area (Å²) >= 11 is 1.73. The first kappa shape index (κ1) is 18.0. The maximum atomic E-state index is 13.4. The first-order valence-corrected chi connectivity index (χ1v) is 10.7. The van der Waals surface area contributed by atoms with Crippen LogP contribution in [0.3, 0.4) is 0 Å². The topological polar surface area (TPSA) is 50.4 Å². The van der Waals surface area contributed by atoms with Crippen molar-refractivity contribution in [3.05, 3.63) is 87.8 Å². The summed E-state index contributed by atoms with van der Waals surface area (Å²) in [6.45, 7) is 0. The van der Waals surface area contributed by atoms with Crippen LogP contribution < -0.4 is 15.4 Å². The van der Waals surface area contributed by atoms with E-state index in [1.54, 1.807) is 18.4 Å². The minimum absolute atomic E-state index is 0.199. The number of benzene rings is 2. The van der Waals surface area contributed by atoms with Gasteiger partial charge < -0.3 is 15.4 Å². The number of para-hydroxylation sites is 2. The number of methoxy groups -OCH3 is 1. The van der Waals surface area contributed by atoms with Crippen molar-refractivity contribution in [2.45, 2.75) is 24.8 Å². The normalized spacial score (nSPS) is 20.8. The maximum Gasteiger partial charge on any atom is 0.163 e. The fraction of sp³-hybridized carbons (Fsp3) is 0.208. The number of allylic oxidation sites excluding steroid dienone is 1. The SMILES string of the molecule is COc1cccc([C@H]2Nc3ccccc3NC3=C2C(=O)C[C@H](c2cccs2)C3)c1. The van der Waals surface area contributed by atoms with Crippen LogP contribution in [0.4, 0.5) is 11.4 Å². The highest BCUT2D eigenvalue weighted by molar-refractivity contribution is 7.10. The van der Waals surface area contributed by atoms with E-state index in [1.807, 2.05) is 30.3 Å². The smallest absolute Gasteiger partial charge is 0.163 e. The van der Waals surface area contributed by atoms with Crippen molar-refractivity contribution in [1.82, 2.24) is 0 Å². The molecule has 0 saturated heterocycles. The van der Waals surface area contributed by atoms with Gasteiger partial charge in [-0.3, -0.25) is 4.79 Å². The second-order valence-corrected chi connectivity index (χ2v) is 8.44. The Morgan fingerprint density at radius 3 is 2.66 bits per heavy atom. The zero-order valence-corrected chi connectivity index (χ0v) is 17.0. The van der Waals surface area contributed by atoms with Crippen molar-refractivity contribution in [1.29, 1.82) is 0 Å². The van der Waals surface area contributed by atoms with E-state index in [4.69, 9.17) is 4.74 Å². The molecule has 2 N–H and O–H groups in total. The van der Waals surface area contributed by atoms with E-state index < -0.39 is 0 Å². The zero-order chi connectivity index (χ0) is 19.8. The van der Waals surface area contributed by atoms with Crippen molar-refractivity contribution in [3.8, 4) is 5.75 Å². The van der Waals surface area contributed by atoms with Crippen LogP contribution in [-0.4, -0.2) is 12.9 Å². The van der Waals surface area contributed by atoms with Gasteiger partial charge in [-0.2, -0.15) is 0 Å². The molecule has 0 spiro atoms. The first-order chi connectivity index (χ1) is 14.2. The molecule has 2 heterocycles. The second kappa shape index (κ2) is 7.41. The van der Waals surface area contributed by atoms with E-state index in [0.717, 1.165) is 40.4 Å². The molecule has 0 bridgehead atoms. The van der Waals surface area contributed by atoms with Crippen molar-refractivity contribution < 1.29 is 9.53 Å². The molecule has 1 aliphatic heterocycles. The molecule has 0 unspecified atom stereocenters. The quantitative estimate of drug-likeness (QED) is 0.587. The lowest BCUT2D eigenvalue weighted by molar-refractivity contribution is -0.116. The third-order valence-electron chi connectivity index (χ3n) is 5.68. The number of ether oxygens (including phenoxy) is 1. The number of carbonyl (C=O) groups is 1. The fourth-order valence-corrected chi connectivity index (χ4v) is 5.12. The number of nitrogens with one attached hydrogen (secondary N) is 2. The molecular weight excluding hydrogens is 380 g/mol. The molecule has 5 heteroatoms. The van der Waals surface area contributed by atoms with Crippen LogP contribution in [0.15, 0.2) is 77.3 Å².